The predicted octanol–water partition coefficient (Wildman–Crippen LogP) is 3.74. The van der Waals surface area contributed by atoms with E-state index in [4.69, 9.17) is 16.3 Å². The molecule has 29 heavy (non-hydrogen) atoms. The molecule has 0 spiro atoms. The van der Waals surface area contributed by atoms with Gasteiger partial charge in [0, 0.05) is 55.8 Å². The molecule has 0 radical (unpaired) electrons. The number of amides is 1. The molecule has 3 heterocycles. The highest BCUT2D eigenvalue weighted by Gasteiger charge is 2.25. The van der Waals surface area contributed by atoms with Crippen LogP contribution < -0.4 is 4.90 Å². The number of anilines is 1. The summed E-state index contributed by atoms with van der Waals surface area (Å²) < 4.78 is 5.12. The lowest BCUT2D eigenvalue weighted by molar-refractivity contribution is -0.121. The molecule has 3 aromatic rings. The van der Waals surface area contributed by atoms with Gasteiger partial charge in [0.1, 0.15) is 5.65 Å². The van der Waals surface area contributed by atoms with E-state index in [0.717, 1.165) is 52.9 Å². The zero-order valence-corrected chi connectivity index (χ0v) is 17.5. The number of hydrogen-bond acceptors (Lipinski definition) is 4. The van der Waals surface area contributed by atoms with Crippen LogP contribution in [0.1, 0.15) is 12.5 Å². The third kappa shape index (κ3) is 3.88. The van der Waals surface area contributed by atoms with E-state index in [1.54, 1.807) is 13.3 Å². The van der Waals surface area contributed by atoms with Crippen molar-refractivity contribution < 1.29 is 9.53 Å². The highest BCUT2D eigenvalue weighted by atomic mass is 35.5. The lowest BCUT2D eigenvalue weighted by Gasteiger charge is -2.34. The molecule has 7 heteroatoms. The number of methoxy groups -OCH3 is 1. The molecule has 1 aliphatic rings. The molecule has 1 N–H and O–H groups in total. The van der Waals surface area contributed by atoms with Crippen LogP contribution >= 0.6 is 11.6 Å². The highest BCUT2D eigenvalue weighted by molar-refractivity contribution is 6.38. The van der Waals surface area contributed by atoms with Crippen LogP contribution in [0.2, 0.25) is 5.02 Å². The zero-order chi connectivity index (χ0) is 20.4. The predicted molar refractivity (Wildman–Crippen MR) is 117 cm³/mol. The molecular formula is C22H25ClN4O2. The number of ether oxygens (including phenoxy) is 1. The third-order valence-corrected chi connectivity index (χ3v) is 5.87. The van der Waals surface area contributed by atoms with Crippen molar-refractivity contribution in [3.63, 3.8) is 0 Å². The first-order valence-electron chi connectivity index (χ1n) is 9.89. The van der Waals surface area contributed by atoms with E-state index >= 15 is 0 Å². The summed E-state index contributed by atoms with van der Waals surface area (Å²) in [6.07, 6.45) is 4.64. The van der Waals surface area contributed by atoms with E-state index < -0.39 is 0 Å². The monoisotopic (exact) mass is 412 g/mol. The standard InChI is InChI=1S/C22H25ClN4O2/c1-3-15-12-24-22-20(15)21(23)18(13-25-22)16-5-4-6-17(11-16)27-8-7-26(9-10-29-2)14-19(27)28/h4-6,11-13H,3,7-10,14H2,1-2H3,(H,24,25). The number of aromatic nitrogens is 2. The van der Waals surface area contributed by atoms with Crippen molar-refractivity contribution in [3.8, 4) is 11.1 Å². The van der Waals surface area contributed by atoms with Crippen molar-refractivity contribution in [2.24, 2.45) is 0 Å². The Morgan fingerprint density at radius 2 is 2.17 bits per heavy atom. The van der Waals surface area contributed by atoms with Gasteiger partial charge in [-0.3, -0.25) is 9.69 Å². The number of rotatable bonds is 6. The summed E-state index contributed by atoms with van der Waals surface area (Å²) in [7, 11) is 1.68. The first kappa shape index (κ1) is 19.9. The topological polar surface area (TPSA) is 61.5 Å². The van der Waals surface area contributed by atoms with Crippen LogP contribution in [-0.2, 0) is 16.0 Å². The Hall–Kier alpha value is -2.41. The van der Waals surface area contributed by atoms with Gasteiger partial charge in [-0.05, 0) is 29.7 Å². The average Bonchev–Trinajstić information content (AvgIpc) is 3.17. The molecule has 4 rings (SSSR count). The maximum atomic E-state index is 12.7. The second kappa shape index (κ2) is 8.53. The van der Waals surface area contributed by atoms with Crippen molar-refractivity contribution in [2.75, 3.05) is 44.8 Å². The molecule has 152 valence electrons. The quantitative estimate of drug-likeness (QED) is 0.670. The zero-order valence-electron chi connectivity index (χ0n) is 16.7. The summed E-state index contributed by atoms with van der Waals surface area (Å²) in [6.45, 7) is 5.41. The largest absolute Gasteiger partial charge is 0.383 e. The Morgan fingerprint density at radius 3 is 2.93 bits per heavy atom. The number of nitrogens with zero attached hydrogens (tertiary/aromatic N) is 3. The number of H-pyrrole nitrogens is 1. The minimum Gasteiger partial charge on any atom is -0.383 e. The molecule has 1 fully saturated rings. The van der Waals surface area contributed by atoms with Crippen molar-refractivity contribution >= 4 is 34.2 Å². The van der Waals surface area contributed by atoms with E-state index in [9.17, 15) is 4.79 Å². The van der Waals surface area contributed by atoms with Crippen LogP contribution in [0.15, 0.2) is 36.7 Å². The number of halogens is 1. The number of nitrogens with one attached hydrogen (secondary N) is 1. The van der Waals surface area contributed by atoms with Crippen LogP contribution in [-0.4, -0.2) is 60.7 Å². The van der Waals surface area contributed by atoms with Crippen molar-refractivity contribution in [1.29, 1.82) is 0 Å². The van der Waals surface area contributed by atoms with E-state index in [0.29, 0.717) is 24.7 Å². The fourth-order valence-corrected chi connectivity index (χ4v) is 4.22. The number of carbonyl (C=O) groups excluding carboxylic acids is 1. The number of fused-ring (bicyclic) bond motifs is 1. The van der Waals surface area contributed by atoms with Gasteiger partial charge in [0.15, 0.2) is 0 Å². The van der Waals surface area contributed by atoms with E-state index in [2.05, 4.69) is 21.8 Å². The SMILES string of the molecule is CCc1c[nH]c2ncc(-c3cccc(N4CCN(CCOC)CC4=O)c3)c(Cl)c12. The van der Waals surface area contributed by atoms with Crippen molar-refractivity contribution in [1.82, 2.24) is 14.9 Å². The Balaban J connectivity index is 1.62. The number of carbonyl (C=O) groups is 1. The number of aryl methyl sites for hydroxylation is 1. The molecule has 1 aliphatic heterocycles. The van der Waals surface area contributed by atoms with Gasteiger partial charge in [-0.1, -0.05) is 30.7 Å². The smallest absolute Gasteiger partial charge is 0.241 e. The molecule has 0 saturated carbocycles. The minimum absolute atomic E-state index is 0.100. The Bertz CT molecular complexity index is 1030. The lowest BCUT2D eigenvalue weighted by atomic mass is 10.0. The fraction of sp³-hybridized carbons (Fsp3) is 0.364. The molecule has 0 bridgehead atoms. The van der Waals surface area contributed by atoms with E-state index in [1.807, 2.05) is 35.4 Å². The molecule has 2 aromatic heterocycles. The van der Waals surface area contributed by atoms with Crippen molar-refractivity contribution in [2.45, 2.75) is 13.3 Å². The Labute approximate surface area is 175 Å². The molecule has 1 aromatic carbocycles. The van der Waals surface area contributed by atoms with E-state index in [1.165, 1.54) is 0 Å². The molecule has 6 nitrogen and oxygen atoms in total. The van der Waals surface area contributed by atoms with Crippen LogP contribution in [0, 0.1) is 0 Å². The van der Waals surface area contributed by atoms with Gasteiger partial charge in [0.2, 0.25) is 5.91 Å². The summed E-state index contributed by atoms with van der Waals surface area (Å²) in [5, 5.41) is 1.67. The van der Waals surface area contributed by atoms with E-state index in [-0.39, 0.29) is 5.91 Å². The van der Waals surface area contributed by atoms with Crippen LogP contribution in [0.4, 0.5) is 5.69 Å². The Kier molecular flexibility index (Phi) is 5.85. The lowest BCUT2D eigenvalue weighted by Crippen LogP contribution is -2.51. The van der Waals surface area contributed by atoms with Gasteiger partial charge in [-0.2, -0.15) is 0 Å². The maximum absolute atomic E-state index is 12.7. The summed E-state index contributed by atoms with van der Waals surface area (Å²) in [6, 6.07) is 7.97. The normalized spacial score (nSPS) is 15.4. The number of hydrogen-bond donors (Lipinski definition) is 1. The summed E-state index contributed by atoms with van der Waals surface area (Å²) >= 11 is 6.78. The van der Waals surface area contributed by atoms with Crippen LogP contribution in [0.5, 0.6) is 0 Å². The number of benzene rings is 1. The van der Waals surface area contributed by atoms with Gasteiger partial charge in [-0.15, -0.1) is 0 Å². The highest BCUT2D eigenvalue weighted by Crippen LogP contribution is 2.36. The Morgan fingerprint density at radius 1 is 1.31 bits per heavy atom. The summed E-state index contributed by atoms with van der Waals surface area (Å²) in [5.41, 5.74) is 4.67. The number of aromatic amines is 1. The second-order valence-corrected chi connectivity index (χ2v) is 7.62. The molecule has 0 unspecified atom stereocenters. The van der Waals surface area contributed by atoms with Gasteiger partial charge in [0.25, 0.3) is 0 Å². The fourth-order valence-electron chi connectivity index (χ4n) is 3.85. The van der Waals surface area contributed by atoms with Crippen LogP contribution in [0.25, 0.3) is 22.2 Å². The molecule has 0 aliphatic carbocycles. The molecule has 1 saturated heterocycles. The summed E-state index contributed by atoms with van der Waals surface area (Å²) in [4.78, 5) is 24.4. The number of pyridine rings is 1. The number of piperazine rings is 1. The molecular weight excluding hydrogens is 388 g/mol. The maximum Gasteiger partial charge on any atom is 0.241 e. The minimum atomic E-state index is 0.100. The van der Waals surface area contributed by atoms with Gasteiger partial charge in [-0.25, -0.2) is 4.98 Å². The second-order valence-electron chi connectivity index (χ2n) is 7.24. The van der Waals surface area contributed by atoms with Gasteiger partial charge in [0.05, 0.1) is 18.2 Å². The van der Waals surface area contributed by atoms with Gasteiger partial charge < -0.3 is 14.6 Å². The first-order valence-corrected chi connectivity index (χ1v) is 10.3. The third-order valence-electron chi connectivity index (χ3n) is 5.48. The van der Waals surface area contributed by atoms with Crippen molar-refractivity contribution in [3.05, 3.63) is 47.2 Å². The average molecular weight is 413 g/mol. The first-order chi connectivity index (χ1) is 14.1. The molecule has 1 amide bonds. The van der Waals surface area contributed by atoms with Crippen LogP contribution in [0.3, 0.4) is 0 Å². The molecule has 0 atom stereocenters. The summed E-state index contributed by atoms with van der Waals surface area (Å²) in [5.74, 6) is 0.100. The van der Waals surface area contributed by atoms with Gasteiger partial charge >= 0.3 is 0 Å².